The molecule has 1 heterocycles. The quantitative estimate of drug-likeness (QED) is 0.529. The summed E-state index contributed by atoms with van der Waals surface area (Å²) >= 11 is 1.03. The zero-order valence-electron chi connectivity index (χ0n) is 16.1. The molecule has 0 aliphatic heterocycles. The van der Waals surface area contributed by atoms with Gasteiger partial charge in [0.25, 0.3) is 5.91 Å². The van der Waals surface area contributed by atoms with Crippen molar-refractivity contribution in [2.75, 3.05) is 24.9 Å². The van der Waals surface area contributed by atoms with E-state index in [9.17, 15) is 14.0 Å². The molecule has 0 unspecified atom stereocenters. The van der Waals surface area contributed by atoms with Crippen LogP contribution in [-0.4, -0.2) is 36.4 Å². The molecule has 0 spiro atoms. The van der Waals surface area contributed by atoms with Crippen molar-refractivity contribution >= 4 is 34.6 Å². The highest BCUT2D eigenvalue weighted by Crippen LogP contribution is 2.25. The van der Waals surface area contributed by atoms with Crippen LogP contribution < -0.4 is 25.4 Å². The van der Waals surface area contributed by atoms with E-state index in [1.165, 1.54) is 38.5 Å². The summed E-state index contributed by atoms with van der Waals surface area (Å²) in [4.78, 5) is 24.3. The fraction of sp³-hybridized carbons (Fsp3) is 0.158. The van der Waals surface area contributed by atoms with Crippen molar-refractivity contribution in [1.29, 1.82) is 0 Å². The Morgan fingerprint density at radius 3 is 2.27 bits per heavy atom. The predicted molar refractivity (Wildman–Crippen MR) is 110 cm³/mol. The maximum absolute atomic E-state index is 12.9. The van der Waals surface area contributed by atoms with E-state index >= 15 is 0 Å². The molecule has 3 aromatic rings. The Labute approximate surface area is 175 Å². The number of ether oxygens (including phenoxy) is 2. The minimum absolute atomic E-state index is 0.0778. The summed E-state index contributed by atoms with van der Waals surface area (Å²) in [6, 6.07) is 9.85. The highest BCUT2D eigenvalue weighted by Gasteiger charge is 2.14. The summed E-state index contributed by atoms with van der Waals surface area (Å²) in [6.07, 6.45) is 0. The second-order valence-corrected chi connectivity index (χ2v) is 6.93. The molecule has 0 fully saturated rings. The lowest BCUT2D eigenvalue weighted by Crippen LogP contribution is -2.28. The first-order valence-electron chi connectivity index (χ1n) is 8.64. The molecular weight excluding hydrogens is 413 g/mol. The highest BCUT2D eigenvalue weighted by molar-refractivity contribution is 7.13. The minimum atomic E-state index is -0.474. The monoisotopic (exact) mass is 431 g/mol. The van der Waals surface area contributed by atoms with Gasteiger partial charge in [-0.3, -0.25) is 4.79 Å². The van der Waals surface area contributed by atoms with Gasteiger partial charge in [0.2, 0.25) is 5.01 Å². The number of methoxy groups -OCH3 is 2. The standard InChI is InChI=1S/C19H18FN5O4S/c1-28-14-7-13(8-15(9-14)29-2)23-19(27)21-10-16-24-25-18(30-16)17(26)22-12-5-3-11(20)4-6-12/h3-9H,10H2,1-2H3,(H,22,26)(H2,21,23,27). The summed E-state index contributed by atoms with van der Waals surface area (Å²) in [7, 11) is 3.02. The van der Waals surface area contributed by atoms with E-state index in [0.717, 1.165) is 11.3 Å². The van der Waals surface area contributed by atoms with Gasteiger partial charge in [-0.05, 0) is 24.3 Å². The molecule has 1 aromatic heterocycles. The van der Waals surface area contributed by atoms with E-state index in [2.05, 4.69) is 26.1 Å². The molecule has 2 aromatic carbocycles. The van der Waals surface area contributed by atoms with Gasteiger partial charge in [0.05, 0.1) is 20.8 Å². The Morgan fingerprint density at radius 2 is 1.63 bits per heavy atom. The first kappa shape index (κ1) is 21.0. The van der Waals surface area contributed by atoms with Crippen LogP contribution in [0.25, 0.3) is 0 Å². The molecule has 0 aliphatic rings. The Balaban J connectivity index is 1.54. The lowest BCUT2D eigenvalue weighted by molar-refractivity contribution is 0.102. The van der Waals surface area contributed by atoms with E-state index in [1.54, 1.807) is 18.2 Å². The molecule has 0 radical (unpaired) electrons. The number of hydrogen-bond donors (Lipinski definition) is 3. The number of nitrogens with one attached hydrogen (secondary N) is 3. The number of benzene rings is 2. The van der Waals surface area contributed by atoms with Crippen LogP contribution in [0.3, 0.4) is 0 Å². The molecule has 9 nitrogen and oxygen atoms in total. The Bertz CT molecular complexity index is 1020. The molecule has 0 saturated carbocycles. The number of nitrogens with zero attached hydrogens (tertiary/aromatic N) is 2. The number of amides is 3. The normalized spacial score (nSPS) is 10.2. The maximum atomic E-state index is 12.9. The van der Waals surface area contributed by atoms with Crippen molar-refractivity contribution in [3.05, 3.63) is 58.3 Å². The van der Waals surface area contributed by atoms with Crippen LogP contribution in [0.15, 0.2) is 42.5 Å². The Hall–Kier alpha value is -3.73. The van der Waals surface area contributed by atoms with Crippen LogP contribution in [0.1, 0.15) is 14.8 Å². The first-order valence-corrected chi connectivity index (χ1v) is 9.45. The van der Waals surface area contributed by atoms with E-state index in [1.807, 2.05) is 0 Å². The molecule has 3 amide bonds. The summed E-state index contributed by atoms with van der Waals surface area (Å²) in [5.74, 6) is 0.192. The molecule has 30 heavy (non-hydrogen) atoms. The number of hydrogen-bond acceptors (Lipinski definition) is 7. The number of aromatic nitrogens is 2. The van der Waals surface area contributed by atoms with E-state index in [0.29, 0.717) is 27.9 Å². The van der Waals surface area contributed by atoms with Crippen LogP contribution in [-0.2, 0) is 6.54 Å². The summed E-state index contributed by atoms with van der Waals surface area (Å²) in [5, 5.41) is 16.2. The van der Waals surface area contributed by atoms with Gasteiger partial charge >= 0.3 is 6.03 Å². The fourth-order valence-corrected chi connectivity index (χ4v) is 3.02. The zero-order valence-corrected chi connectivity index (χ0v) is 16.9. The highest BCUT2D eigenvalue weighted by atomic mass is 32.1. The second-order valence-electron chi connectivity index (χ2n) is 5.87. The summed E-state index contributed by atoms with van der Waals surface area (Å²) in [5.41, 5.74) is 0.921. The number of carbonyl (C=O) groups is 2. The Morgan fingerprint density at radius 1 is 0.967 bits per heavy atom. The smallest absolute Gasteiger partial charge is 0.319 e. The van der Waals surface area contributed by atoms with E-state index < -0.39 is 17.8 Å². The average molecular weight is 431 g/mol. The lowest BCUT2D eigenvalue weighted by Gasteiger charge is -2.10. The van der Waals surface area contributed by atoms with Crippen LogP contribution in [0.5, 0.6) is 11.5 Å². The molecule has 3 rings (SSSR count). The van der Waals surface area contributed by atoms with Gasteiger partial charge in [0.1, 0.15) is 22.3 Å². The largest absolute Gasteiger partial charge is 0.497 e. The topological polar surface area (TPSA) is 114 Å². The van der Waals surface area contributed by atoms with Gasteiger partial charge in [0.15, 0.2) is 0 Å². The second kappa shape index (κ2) is 9.65. The molecule has 0 bridgehead atoms. The van der Waals surface area contributed by atoms with Crippen LogP contribution in [0.2, 0.25) is 0 Å². The van der Waals surface area contributed by atoms with E-state index in [4.69, 9.17) is 9.47 Å². The predicted octanol–water partition coefficient (Wildman–Crippen LogP) is 3.27. The lowest BCUT2D eigenvalue weighted by atomic mass is 10.3. The average Bonchev–Trinajstić information content (AvgIpc) is 3.23. The number of anilines is 2. The molecule has 0 saturated heterocycles. The van der Waals surface area contributed by atoms with Gasteiger partial charge < -0.3 is 25.4 Å². The van der Waals surface area contributed by atoms with Gasteiger partial charge in [-0.1, -0.05) is 11.3 Å². The van der Waals surface area contributed by atoms with Crippen molar-refractivity contribution in [1.82, 2.24) is 15.5 Å². The molecule has 156 valence electrons. The Kier molecular flexibility index (Phi) is 6.75. The first-order chi connectivity index (χ1) is 14.5. The zero-order chi connectivity index (χ0) is 21.5. The van der Waals surface area contributed by atoms with E-state index in [-0.39, 0.29) is 11.6 Å². The number of halogens is 1. The summed E-state index contributed by atoms with van der Waals surface area (Å²) < 4.78 is 23.2. The third-order valence-electron chi connectivity index (χ3n) is 3.77. The SMILES string of the molecule is COc1cc(NC(=O)NCc2nnc(C(=O)Nc3ccc(F)cc3)s2)cc(OC)c1. The fourth-order valence-electron chi connectivity index (χ4n) is 2.35. The maximum Gasteiger partial charge on any atom is 0.319 e. The van der Waals surface area contributed by atoms with Gasteiger partial charge in [-0.25, -0.2) is 9.18 Å². The number of carbonyl (C=O) groups excluding carboxylic acids is 2. The molecule has 11 heteroatoms. The van der Waals surface area contributed by atoms with Crippen LogP contribution >= 0.6 is 11.3 Å². The molecular formula is C19H18FN5O4S. The van der Waals surface area contributed by atoms with Crippen molar-refractivity contribution in [2.45, 2.75) is 6.54 Å². The third-order valence-corrected chi connectivity index (χ3v) is 4.69. The number of rotatable bonds is 7. The van der Waals surface area contributed by atoms with Crippen molar-refractivity contribution in [2.24, 2.45) is 0 Å². The van der Waals surface area contributed by atoms with Crippen molar-refractivity contribution in [3.63, 3.8) is 0 Å². The molecule has 0 aliphatic carbocycles. The van der Waals surface area contributed by atoms with Crippen molar-refractivity contribution < 1.29 is 23.5 Å². The minimum Gasteiger partial charge on any atom is -0.497 e. The van der Waals surface area contributed by atoms with Gasteiger partial charge in [-0.2, -0.15) is 0 Å². The third kappa shape index (κ3) is 5.64. The molecule has 0 atom stereocenters. The van der Waals surface area contributed by atoms with Crippen LogP contribution in [0, 0.1) is 5.82 Å². The van der Waals surface area contributed by atoms with Gasteiger partial charge in [0, 0.05) is 29.6 Å². The molecule has 3 N–H and O–H groups in total. The summed E-state index contributed by atoms with van der Waals surface area (Å²) in [6.45, 7) is 0.0778. The number of urea groups is 1. The van der Waals surface area contributed by atoms with Gasteiger partial charge in [-0.15, -0.1) is 10.2 Å². The van der Waals surface area contributed by atoms with Crippen molar-refractivity contribution in [3.8, 4) is 11.5 Å². The van der Waals surface area contributed by atoms with Crippen LogP contribution in [0.4, 0.5) is 20.6 Å².